The zero-order valence-corrected chi connectivity index (χ0v) is 11.3. The van der Waals surface area contributed by atoms with Crippen molar-refractivity contribution in [2.24, 2.45) is 5.73 Å². The Morgan fingerprint density at radius 2 is 1.60 bits per heavy atom. The molecule has 92 valence electrons. The van der Waals surface area contributed by atoms with E-state index >= 15 is 0 Å². The van der Waals surface area contributed by atoms with Gasteiger partial charge in [0.15, 0.2) is 0 Å². The first-order chi connectivity index (χ1) is 7.08. The molecule has 0 heterocycles. The summed E-state index contributed by atoms with van der Waals surface area (Å²) >= 11 is 0. The lowest BCUT2D eigenvalue weighted by Gasteiger charge is -2.36. The Morgan fingerprint density at radius 1 is 1.07 bits per heavy atom. The van der Waals surface area contributed by atoms with Crippen molar-refractivity contribution in [1.82, 2.24) is 4.90 Å². The lowest BCUT2D eigenvalue weighted by atomic mass is 9.98. The van der Waals surface area contributed by atoms with E-state index in [0.29, 0.717) is 18.1 Å². The summed E-state index contributed by atoms with van der Waals surface area (Å²) in [6, 6.07) is 1.54. The summed E-state index contributed by atoms with van der Waals surface area (Å²) in [7, 11) is 2.23. The molecule has 0 rings (SSSR count). The van der Waals surface area contributed by atoms with E-state index in [4.69, 9.17) is 5.73 Å². The van der Waals surface area contributed by atoms with E-state index in [1.165, 1.54) is 19.3 Å². The number of hydrogen-bond acceptors (Lipinski definition) is 2. The third-order valence-electron chi connectivity index (χ3n) is 3.46. The first-order valence-electron chi connectivity index (χ1n) is 6.55. The molecule has 0 radical (unpaired) electrons. The van der Waals surface area contributed by atoms with E-state index in [9.17, 15) is 0 Å². The van der Waals surface area contributed by atoms with Crippen LogP contribution in [0.1, 0.15) is 59.8 Å². The van der Waals surface area contributed by atoms with Crippen LogP contribution in [-0.4, -0.2) is 30.1 Å². The maximum absolute atomic E-state index is 6.23. The Labute approximate surface area is 96.2 Å². The van der Waals surface area contributed by atoms with Gasteiger partial charge in [0.25, 0.3) is 0 Å². The van der Waals surface area contributed by atoms with Crippen LogP contribution in [0.2, 0.25) is 0 Å². The van der Waals surface area contributed by atoms with Gasteiger partial charge in [-0.25, -0.2) is 0 Å². The van der Waals surface area contributed by atoms with Crippen molar-refractivity contribution in [2.45, 2.75) is 77.9 Å². The molecule has 0 saturated heterocycles. The van der Waals surface area contributed by atoms with Crippen LogP contribution >= 0.6 is 0 Å². The van der Waals surface area contributed by atoms with Gasteiger partial charge < -0.3 is 5.73 Å². The Bertz CT molecular complexity index is 147. The summed E-state index contributed by atoms with van der Waals surface area (Å²) in [6.07, 6.45) is 6.01. The highest BCUT2D eigenvalue weighted by molar-refractivity contribution is 4.81. The molecule has 0 aliphatic rings. The van der Waals surface area contributed by atoms with Gasteiger partial charge in [-0.3, -0.25) is 4.90 Å². The molecule has 2 heteroatoms. The Kier molecular flexibility index (Phi) is 8.07. The van der Waals surface area contributed by atoms with E-state index in [2.05, 4.69) is 39.6 Å². The molecule has 0 fully saturated rings. The second-order valence-corrected chi connectivity index (χ2v) is 4.73. The molecule has 0 aromatic carbocycles. The van der Waals surface area contributed by atoms with Crippen molar-refractivity contribution in [3.63, 3.8) is 0 Å². The molecular formula is C13H30N2. The highest BCUT2D eigenvalue weighted by Gasteiger charge is 2.22. The molecule has 0 amide bonds. The molecule has 0 aromatic rings. The van der Waals surface area contributed by atoms with Gasteiger partial charge in [0.2, 0.25) is 0 Å². The summed E-state index contributed by atoms with van der Waals surface area (Å²) in [5.41, 5.74) is 6.23. The topological polar surface area (TPSA) is 29.3 Å². The molecule has 0 aliphatic carbocycles. The number of hydrogen-bond donors (Lipinski definition) is 1. The highest BCUT2D eigenvalue weighted by atomic mass is 15.2. The average molecular weight is 214 g/mol. The van der Waals surface area contributed by atoms with Crippen molar-refractivity contribution >= 4 is 0 Å². The van der Waals surface area contributed by atoms with E-state index in [1.54, 1.807) is 0 Å². The predicted octanol–water partition coefficient (Wildman–Crippen LogP) is 3.01. The summed E-state index contributed by atoms with van der Waals surface area (Å²) < 4.78 is 0. The van der Waals surface area contributed by atoms with Gasteiger partial charge in [0.1, 0.15) is 0 Å². The van der Waals surface area contributed by atoms with Crippen LogP contribution in [0.3, 0.4) is 0 Å². The zero-order valence-electron chi connectivity index (χ0n) is 11.3. The van der Waals surface area contributed by atoms with E-state index in [0.717, 1.165) is 12.8 Å². The van der Waals surface area contributed by atoms with Crippen molar-refractivity contribution in [2.75, 3.05) is 7.05 Å². The van der Waals surface area contributed by atoms with E-state index in [-0.39, 0.29) is 0 Å². The largest absolute Gasteiger partial charge is 0.326 e. The molecule has 0 bridgehead atoms. The number of rotatable bonds is 8. The Hall–Kier alpha value is -0.0800. The van der Waals surface area contributed by atoms with Gasteiger partial charge in [0, 0.05) is 18.1 Å². The normalized spacial score (nSPS) is 17.8. The second kappa shape index (κ2) is 8.12. The summed E-state index contributed by atoms with van der Waals surface area (Å²) in [6.45, 7) is 9.01. The van der Waals surface area contributed by atoms with Crippen LogP contribution in [0.5, 0.6) is 0 Å². The lowest BCUT2D eigenvalue weighted by Crippen LogP contribution is -2.49. The monoisotopic (exact) mass is 214 g/mol. The maximum atomic E-state index is 6.23. The van der Waals surface area contributed by atoms with Crippen molar-refractivity contribution in [3.05, 3.63) is 0 Å². The van der Waals surface area contributed by atoms with Crippen molar-refractivity contribution < 1.29 is 0 Å². The smallest absolute Gasteiger partial charge is 0.0244 e. The van der Waals surface area contributed by atoms with Crippen LogP contribution in [0.15, 0.2) is 0 Å². The van der Waals surface area contributed by atoms with Crippen LogP contribution in [0.25, 0.3) is 0 Å². The average Bonchev–Trinajstić information content (AvgIpc) is 2.19. The van der Waals surface area contributed by atoms with Gasteiger partial charge in [-0.1, -0.05) is 33.6 Å². The van der Waals surface area contributed by atoms with Gasteiger partial charge in [-0.05, 0) is 33.2 Å². The van der Waals surface area contributed by atoms with Gasteiger partial charge in [0.05, 0.1) is 0 Å². The number of nitrogens with zero attached hydrogens (tertiary/aromatic N) is 1. The molecule has 15 heavy (non-hydrogen) atoms. The van der Waals surface area contributed by atoms with Gasteiger partial charge in [-0.2, -0.15) is 0 Å². The van der Waals surface area contributed by atoms with Gasteiger partial charge >= 0.3 is 0 Å². The van der Waals surface area contributed by atoms with E-state index in [1.807, 2.05) is 0 Å². The van der Waals surface area contributed by atoms with Crippen LogP contribution in [0.4, 0.5) is 0 Å². The fraction of sp³-hybridized carbons (Fsp3) is 1.00. The fourth-order valence-electron chi connectivity index (χ4n) is 2.37. The molecule has 0 spiro atoms. The van der Waals surface area contributed by atoms with Crippen molar-refractivity contribution in [1.29, 1.82) is 0 Å². The summed E-state index contributed by atoms with van der Waals surface area (Å²) in [5.74, 6) is 0. The lowest BCUT2D eigenvalue weighted by molar-refractivity contribution is 0.144. The minimum absolute atomic E-state index is 0.337. The standard InChI is InChI=1S/C13H30N2/c1-6-9-11(4)15(5)13(8-3)12(14)10-7-2/h11-13H,6-10,14H2,1-5H3. The summed E-state index contributed by atoms with van der Waals surface area (Å²) in [4.78, 5) is 2.48. The molecule has 0 aromatic heterocycles. The molecule has 0 saturated carbocycles. The van der Waals surface area contributed by atoms with Crippen LogP contribution in [-0.2, 0) is 0 Å². The number of likely N-dealkylation sites (N-methyl/N-ethyl adjacent to an activating group) is 1. The van der Waals surface area contributed by atoms with Crippen LogP contribution < -0.4 is 5.73 Å². The van der Waals surface area contributed by atoms with Gasteiger partial charge in [-0.15, -0.1) is 0 Å². The molecule has 2 N–H and O–H groups in total. The third kappa shape index (κ3) is 4.98. The maximum Gasteiger partial charge on any atom is 0.0244 e. The SMILES string of the molecule is CCCC(N)C(CC)N(C)C(C)CCC. The Balaban J connectivity index is 4.24. The molecule has 2 nitrogen and oxygen atoms in total. The molecular weight excluding hydrogens is 184 g/mol. The van der Waals surface area contributed by atoms with E-state index < -0.39 is 0 Å². The third-order valence-corrected chi connectivity index (χ3v) is 3.46. The molecule has 3 atom stereocenters. The first kappa shape index (κ1) is 14.9. The van der Waals surface area contributed by atoms with Crippen LogP contribution in [0, 0.1) is 0 Å². The fourth-order valence-corrected chi connectivity index (χ4v) is 2.37. The Morgan fingerprint density at radius 3 is 2.00 bits per heavy atom. The molecule has 0 aliphatic heterocycles. The minimum atomic E-state index is 0.337. The highest BCUT2D eigenvalue weighted by Crippen LogP contribution is 2.15. The van der Waals surface area contributed by atoms with Crippen molar-refractivity contribution in [3.8, 4) is 0 Å². The zero-order chi connectivity index (χ0) is 11.8. The summed E-state index contributed by atoms with van der Waals surface area (Å²) in [5, 5.41) is 0. The molecule has 3 unspecified atom stereocenters. The first-order valence-corrected chi connectivity index (χ1v) is 6.55. The second-order valence-electron chi connectivity index (χ2n) is 4.73. The predicted molar refractivity (Wildman–Crippen MR) is 69.1 cm³/mol. The number of nitrogens with two attached hydrogens (primary N) is 1. The minimum Gasteiger partial charge on any atom is -0.326 e. The quantitative estimate of drug-likeness (QED) is 0.673.